The number of nitrogens with zero attached hydrogens (tertiary/aromatic N) is 2. The monoisotopic (exact) mass is 281 g/mol. The summed E-state index contributed by atoms with van der Waals surface area (Å²) in [5.74, 6) is -0.611. The predicted molar refractivity (Wildman–Crippen MR) is 79.3 cm³/mol. The van der Waals surface area contributed by atoms with Gasteiger partial charge in [-0.15, -0.1) is 0 Å². The van der Waals surface area contributed by atoms with Crippen molar-refractivity contribution < 1.29 is 10.0 Å². The second-order valence-electron chi connectivity index (χ2n) is 5.00. The van der Waals surface area contributed by atoms with E-state index in [2.05, 4.69) is 40.7 Å². The normalized spacial score (nSPS) is 10.8. The molecule has 5 nitrogen and oxygen atoms in total. The Morgan fingerprint density at radius 2 is 2.05 bits per heavy atom. The third-order valence-electron chi connectivity index (χ3n) is 3.46. The van der Waals surface area contributed by atoms with Gasteiger partial charge in [-0.25, -0.2) is 5.48 Å². The first kappa shape index (κ1) is 13.3. The number of hydrogen-bond acceptors (Lipinski definition) is 3. The van der Waals surface area contributed by atoms with Crippen LogP contribution < -0.4 is 5.48 Å². The van der Waals surface area contributed by atoms with E-state index >= 15 is 0 Å². The van der Waals surface area contributed by atoms with Gasteiger partial charge in [0.25, 0.3) is 5.91 Å². The van der Waals surface area contributed by atoms with E-state index in [1.165, 1.54) is 11.1 Å². The van der Waals surface area contributed by atoms with Crippen molar-refractivity contribution in [3.8, 4) is 0 Å². The third-order valence-corrected chi connectivity index (χ3v) is 3.46. The Morgan fingerprint density at radius 3 is 2.76 bits per heavy atom. The molecule has 0 fully saturated rings. The molecule has 0 saturated heterocycles. The van der Waals surface area contributed by atoms with Gasteiger partial charge in [-0.2, -0.15) is 0 Å². The number of carbonyl (C=O) groups excluding carboxylic acids is 1. The molecule has 3 rings (SSSR count). The first-order valence-electron chi connectivity index (χ1n) is 6.62. The van der Waals surface area contributed by atoms with Gasteiger partial charge in [0, 0.05) is 24.3 Å². The van der Waals surface area contributed by atoms with Crippen molar-refractivity contribution in [2.24, 2.45) is 0 Å². The van der Waals surface area contributed by atoms with Gasteiger partial charge in [0.2, 0.25) is 0 Å². The molecule has 0 saturated carbocycles. The molecule has 21 heavy (non-hydrogen) atoms. The second kappa shape index (κ2) is 5.38. The van der Waals surface area contributed by atoms with Gasteiger partial charge < -0.3 is 4.57 Å². The maximum absolute atomic E-state index is 11.5. The number of fused-ring (bicyclic) bond motifs is 1. The Bertz CT molecular complexity index is 791. The number of amides is 1. The molecule has 1 amide bonds. The highest BCUT2D eigenvalue weighted by molar-refractivity contribution is 5.95. The Labute approximate surface area is 121 Å². The summed E-state index contributed by atoms with van der Waals surface area (Å²) in [7, 11) is 0. The van der Waals surface area contributed by atoms with Gasteiger partial charge in [0.1, 0.15) is 5.69 Å². The lowest BCUT2D eigenvalue weighted by Crippen LogP contribution is -2.19. The SMILES string of the molecule is Cc1ccc(Cn2ccc3cnc(C(=O)NO)cc32)cc1. The Morgan fingerprint density at radius 1 is 1.29 bits per heavy atom. The number of rotatable bonds is 3. The van der Waals surface area contributed by atoms with Crippen molar-refractivity contribution >= 4 is 16.8 Å². The standard InChI is InChI=1S/C16H15N3O2/c1-11-2-4-12(5-3-11)10-19-7-6-13-9-17-14(8-15(13)19)16(20)18-21/h2-9,21H,10H2,1H3,(H,18,20). The van der Waals surface area contributed by atoms with E-state index in [0.717, 1.165) is 10.9 Å². The molecule has 0 radical (unpaired) electrons. The maximum atomic E-state index is 11.5. The van der Waals surface area contributed by atoms with Crippen LogP contribution in [0.25, 0.3) is 10.9 Å². The van der Waals surface area contributed by atoms with Gasteiger partial charge in [0.05, 0.1) is 5.52 Å². The van der Waals surface area contributed by atoms with E-state index in [9.17, 15) is 4.79 Å². The average Bonchev–Trinajstić information content (AvgIpc) is 2.91. The van der Waals surface area contributed by atoms with Crippen molar-refractivity contribution in [2.45, 2.75) is 13.5 Å². The quantitative estimate of drug-likeness (QED) is 0.572. The van der Waals surface area contributed by atoms with Crippen molar-refractivity contribution in [2.75, 3.05) is 0 Å². The smallest absolute Gasteiger partial charge is 0.293 e. The van der Waals surface area contributed by atoms with Crippen LogP contribution in [0.4, 0.5) is 0 Å². The van der Waals surface area contributed by atoms with Crippen LogP contribution in [0.1, 0.15) is 21.6 Å². The average molecular weight is 281 g/mol. The lowest BCUT2D eigenvalue weighted by atomic mass is 10.1. The molecule has 5 heteroatoms. The van der Waals surface area contributed by atoms with Crippen molar-refractivity contribution in [1.82, 2.24) is 15.0 Å². The molecular weight excluding hydrogens is 266 g/mol. The number of hydroxylamine groups is 1. The molecule has 2 aromatic heterocycles. The van der Waals surface area contributed by atoms with Gasteiger partial charge >= 0.3 is 0 Å². The molecular formula is C16H15N3O2. The lowest BCUT2D eigenvalue weighted by molar-refractivity contribution is 0.0701. The number of aromatic nitrogens is 2. The fraction of sp³-hybridized carbons (Fsp3) is 0.125. The van der Waals surface area contributed by atoms with Crippen molar-refractivity contribution in [3.05, 3.63) is 65.6 Å². The molecule has 0 atom stereocenters. The Kier molecular flexibility index (Phi) is 3.41. The number of aryl methyl sites for hydroxylation is 1. The molecule has 2 N–H and O–H groups in total. The van der Waals surface area contributed by atoms with Crippen molar-refractivity contribution in [1.29, 1.82) is 0 Å². The van der Waals surface area contributed by atoms with Crippen molar-refractivity contribution in [3.63, 3.8) is 0 Å². The molecule has 2 heterocycles. The minimum absolute atomic E-state index is 0.189. The molecule has 0 unspecified atom stereocenters. The van der Waals surface area contributed by atoms with E-state index in [0.29, 0.717) is 6.54 Å². The molecule has 1 aromatic carbocycles. The van der Waals surface area contributed by atoms with E-state index < -0.39 is 5.91 Å². The molecule has 0 spiro atoms. The molecule has 106 valence electrons. The van der Waals surface area contributed by atoms with E-state index in [4.69, 9.17) is 5.21 Å². The fourth-order valence-corrected chi connectivity index (χ4v) is 2.29. The van der Waals surface area contributed by atoms with Gasteiger partial charge in [-0.05, 0) is 24.6 Å². The summed E-state index contributed by atoms with van der Waals surface area (Å²) < 4.78 is 2.05. The second-order valence-corrected chi connectivity index (χ2v) is 5.00. The number of nitrogens with one attached hydrogen (secondary N) is 1. The predicted octanol–water partition coefficient (Wildman–Crippen LogP) is 2.51. The zero-order chi connectivity index (χ0) is 14.8. The highest BCUT2D eigenvalue weighted by Crippen LogP contribution is 2.18. The van der Waals surface area contributed by atoms with Crippen LogP contribution in [0.5, 0.6) is 0 Å². The summed E-state index contributed by atoms with van der Waals surface area (Å²) in [5.41, 5.74) is 5.11. The summed E-state index contributed by atoms with van der Waals surface area (Å²) in [6, 6.07) is 12.0. The summed E-state index contributed by atoms with van der Waals surface area (Å²) in [6.45, 7) is 2.77. The number of hydrogen-bond donors (Lipinski definition) is 2. The first-order chi connectivity index (χ1) is 10.2. The van der Waals surface area contributed by atoms with E-state index in [1.54, 1.807) is 17.7 Å². The summed E-state index contributed by atoms with van der Waals surface area (Å²) >= 11 is 0. The summed E-state index contributed by atoms with van der Waals surface area (Å²) in [5, 5.41) is 9.65. The zero-order valence-electron chi connectivity index (χ0n) is 11.6. The molecule has 0 aliphatic carbocycles. The number of carbonyl (C=O) groups is 1. The largest absolute Gasteiger partial charge is 0.343 e. The van der Waals surface area contributed by atoms with Gasteiger partial charge in [0.15, 0.2) is 0 Å². The minimum Gasteiger partial charge on any atom is -0.343 e. The lowest BCUT2D eigenvalue weighted by Gasteiger charge is -2.07. The zero-order valence-corrected chi connectivity index (χ0v) is 11.6. The van der Waals surface area contributed by atoms with Crippen LogP contribution in [0.3, 0.4) is 0 Å². The minimum atomic E-state index is -0.611. The van der Waals surface area contributed by atoms with E-state index in [1.807, 2.05) is 12.3 Å². The maximum Gasteiger partial charge on any atom is 0.293 e. The molecule has 0 aliphatic heterocycles. The van der Waals surface area contributed by atoms with Crippen LogP contribution in [0.2, 0.25) is 0 Å². The summed E-state index contributed by atoms with van der Waals surface area (Å²) in [6.07, 6.45) is 3.60. The van der Waals surface area contributed by atoms with E-state index in [-0.39, 0.29) is 5.69 Å². The topological polar surface area (TPSA) is 67.2 Å². The van der Waals surface area contributed by atoms with Crippen LogP contribution in [-0.2, 0) is 6.54 Å². The molecule has 0 aliphatic rings. The van der Waals surface area contributed by atoms with Crippen LogP contribution in [0, 0.1) is 6.92 Å². The number of pyridine rings is 1. The first-order valence-corrected chi connectivity index (χ1v) is 6.62. The van der Waals surface area contributed by atoms with Gasteiger partial charge in [-0.1, -0.05) is 29.8 Å². The fourth-order valence-electron chi connectivity index (χ4n) is 2.29. The highest BCUT2D eigenvalue weighted by atomic mass is 16.5. The molecule has 0 bridgehead atoms. The summed E-state index contributed by atoms with van der Waals surface area (Å²) in [4.78, 5) is 15.5. The van der Waals surface area contributed by atoms with Crippen LogP contribution >= 0.6 is 0 Å². The number of benzene rings is 1. The highest BCUT2D eigenvalue weighted by Gasteiger charge is 2.09. The van der Waals surface area contributed by atoms with Gasteiger partial charge in [-0.3, -0.25) is 15.0 Å². The molecule has 3 aromatic rings. The van der Waals surface area contributed by atoms with Crippen LogP contribution in [-0.4, -0.2) is 20.7 Å². The Hall–Kier alpha value is -2.66. The third kappa shape index (κ3) is 2.64. The van der Waals surface area contributed by atoms with Crippen LogP contribution in [0.15, 0.2) is 48.8 Å². The Balaban J connectivity index is 1.98.